The van der Waals surface area contributed by atoms with E-state index in [1.165, 1.54) is 0 Å². The van der Waals surface area contributed by atoms with Crippen LogP contribution in [-0.2, 0) is 11.2 Å². The van der Waals surface area contributed by atoms with E-state index < -0.39 is 0 Å². The minimum absolute atomic E-state index is 0. The maximum absolute atomic E-state index is 4.91. The first kappa shape index (κ1) is 10.4. The molecule has 62 valence electrons. The van der Waals surface area contributed by atoms with Crippen molar-refractivity contribution in [3.63, 3.8) is 0 Å². The summed E-state index contributed by atoms with van der Waals surface area (Å²) >= 11 is 0. The van der Waals surface area contributed by atoms with Gasteiger partial charge in [0.1, 0.15) is 0 Å². The molecule has 1 aromatic rings. The summed E-state index contributed by atoms with van der Waals surface area (Å²) in [5.74, 6) is 0. The second kappa shape index (κ2) is 6.13. The van der Waals surface area contributed by atoms with Gasteiger partial charge in [-0.2, -0.15) is 0 Å². The fraction of sp³-hybridized carbons (Fsp3) is 0.375. The SMILES string of the molecule is COCCc1ccccn1.Cl. The number of methoxy groups -OCH3 is 1. The van der Waals surface area contributed by atoms with Crippen LogP contribution >= 0.6 is 12.4 Å². The zero-order valence-corrected chi connectivity index (χ0v) is 7.30. The third kappa shape index (κ3) is 3.96. The van der Waals surface area contributed by atoms with Crippen molar-refractivity contribution in [1.82, 2.24) is 4.98 Å². The minimum Gasteiger partial charge on any atom is -0.384 e. The lowest BCUT2D eigenvalue weighted by molar-refractivity contribution is 0.201. The molecular weight excluding hydrogens is 162 g/mol. The summed E-state index contributed by atoms with van der Waals surface area (Å²) < 4.78 is 4.91. The van der Waals surface area contributed by atoms with Gasteiger partial charge in [-0.25, -0.2) is 0 Å². The predicted molar refractivity (Wildman–Crippen MR) is 47.1 cm³/mol. The van der Waals surface area contributed by atoms with Crippen molar-refractivity contribution >= 4 is 12.4 Å². The Morgan fingerprint density at radius 1 is 1.45 bits per heavy atom. The lowest BCUT2D eigenvalue weighted by Crippen LogP contribution is -1.95. The summed E-state index contributed by atoms with van der Waals surface area (Å²) in [6.07, 6.45) is 2.70. The molecule has 1 rings (SSSR count). The fourth-order valence-electron chi connectivity index (χ4n) is 0.753. The largest absolute Gasteiger partial charge is 0.384 e. The Hall–Kier alpha value is -0.600. The van der Waals surface area contributed by atoms with Gasteiger partial charge in [-0.15, -0.1) is 12.4 Å². The Morgan fingerprint density at radius 3 is 2.82 bits per heavy atom. The van der Waals surface area contributed by atoms with Crippen LogP contribution in [0.3, 0.4) is 0 Å². The van der Waals surface area contributed by atoms with Crippen LogP contribution < -0.4 is 0 Å². The van der Waals surface area contributed by atoms with Crippen LogP contribution in [0, 0.1) is 0 Å². The second-order valence-corrected chi connectivity index (χ2v) is 2.06. The Bertz CT molecular complexity index is 179. The molecule has 0 fully saturated rings. The van der Waals surface area contributed by atoms with Crippen LogP contribution in [0.15, 0.2) is 24.4 Å². The van der Waals surface area contributed by atoms with Crippen LogP contribution in [0.1, 0.15) is 5.69 Å². The molecule has 2 nitrogen and oxygen atoms in total. The third-order valence-corrected chi connectivity index (χ3v) is 1.29. The molecule has 0 aromatic carbocycles. The first-order chi connectivity index (χ1) is 4.93. The topological polar surface area (TPSA) is 22.1 Å². The van der Waals surface area contributed by atoms with Gasteiger partial charge in [-0.3, -0.25) is 4.98 Å². The van der Waals surface area contributed by atoms with Crippen molar-refractivity contribution in [1.29, 1.82) is 0 Å². The summed E-state index contributed by atoms with van der Waals surface area (Å²) in [7, 11) is 1.70. The van der Waals surface area contributed by atoms with E-state index in [2.05, 4.69) is 4.98 Å². The second-order valence-electron chi connectivity index (χ2n) is 2.06. The lowest BCUT2D eigenvalue weighted by atomic mass is 10.3. The number of rotatable bonds is 3. The van der Waals surface area contributed by atoms with E-state index >= 15 is 0 Å². The number of halogens is 1. The molecule has 0 radical (unpaired) electrons. The number of pyridine rings is 1. The normalized spacial score (nSPS) is 8.82. The van der Waals surface area contributed by atoms with Crippen LogP contribution in [0.5, 0.6) is 0 Å². The van der Waals surface area contributed by atoms with Gasteiger partial charge in [-0.05, 0) is 12.1 Å². The monoisotopic (exact) mass is 173 g/mol. The summed E-state index contributed by atoms with van der Waals surface area (Å²) in [4.78, 5) is 4.14. The minimum atomic E-state index is 0. The first-order valence-corrected chi connectivity index (χ1v) is 3.32. The van der Waals surface area contributed by atoms with Crippen molar-refractivity contribution < 1.29 is 4.74 Å². The molecule has 0 saturated heterocycles. The van der Waals surface area contributed by atoms with E-state index in [1.54, 1.807) is 13.3 Å². The maximum atomic E-state index is 4.91. The molecule has 0 spiro atoms. The zero-order valence-electron chi connectivity index (χ0n) is 6.49. The van der Waals surface area contributed by atoms with Crippen molar-refractivity contribution in [2.75, 3.05) is 13.7 Å². The van der Waals surface area contributed by atoms with Gasteiger partial charge in [0.25, 0.3) is 0 Å². The summed E-state index contributed by atoms with van der Waals surface area (Å²) in [6, 6.07) is 5.90. The van der Waals surface area contributed by atoms with Gasteiger partial charge in [0, 0.05) is 25.4 Å². The lowest BCUT2D eigenvalue weighted by Gasteiger charge is -1.96. The fourth-order valence-corrected chi connectivity index (χ4v) is 0.753. The van der Waals surface area contributed by atoms with Crippen LogP contribution in [-0.4, -0.2) is 18.7 Å². The molecule has 0 aliphatic heterocycles. The number of hydrogen-bond donors (Lipinski definition) is 0. The van der Waals surface area contributed by atoms with Crippen LogP contribution in [0.25, 0.3) is 0 Å². The molecule has 0 N–H and O–H groups in total. The smallest absolute Gasteiger partial charge is 0.0517 e. The van der Waals surface area contributed by atoms with E-state index in [-0.39, 0.29) is 12.4 Å². The highest BCUT2D eigenvalue weighted by Gasteiger charge is 1.89. The highest BCUT2D eigenvalue weighted by atomic mass is 35.5. The first-order valence-electron chi connectivity index (χ1n) is 3.32. The molecule has 0 atom stereocenters. The molecule has 0 amide bonds. The van der Waals surface area contributed by atoms with Crippen LogP contribution in [0.4, 0.5) is 0 Å². The van der Waals surface area contributed by atoms with E-state index in [4.69, 9.17) is 4.74 Å². The van der Waals surface area contributed by atoms with Gasteiger partial charge in [0.2, 0.25) is 0 Å². The number of nitrogens with zero attached hydrogens (tertiary/aromatic N) is 1. The molecule has 0 aliphatic rings. The molecule has 3 heteroatoms. The zero-order chi connectivity index (χ0) is 7.23. The van der Waals surface area contributed by atoms with Crippen molar-refractivity contribution in [3.05, 3.63) is 30.1 Å². The predicted octanol–water partition coefficient (Wildman–Crippen LogP) is 1.69. The number of aromatic nitrogens is 1. The summed E-state index contributed by atoms with van der Waals surface area (Å²) in [5.41, 5.74) is 1.09. The van der Waals surface area contributed by atoms with Gasteiger partial charge < -0.3 is 4.74 Å². The van der Waals surface area contributed by atoms with E-state index in [0.29, 0.717) is 0 Å². The molecule has 11 heavy (non-hydrogen) atoms. The Morgan fingerprint density at radius 2 is 2.27 bits per heavy atom. The van der Waals surface area contributed by atoms with Crippen molar-refractivity contribution in [2.45, 2.75) is 6.42 Å². The average molecular weight is 174 g/mol. The number of hydrogen-bond acceptors (Lipinski definition) is 2. The third-order valence-electron chi connectivity index (χ3n) is 1.29. The van der Waals surface area contributed by atoms with Gasteiger partial charge in [-0.1, -0.05) is 6.07 Å². The molecular formula is C8H12ClNO. The summed E-state index contributed by atoms with van der Waals surface area (Å²) in [6.45, 7) is 0.747. The molecule has 0 saturated carbocycles. The van der Waals surface area contributed by atoms with Crippen molar-refractivity contribution in [2.24, 2.45) is 0 Å². The Kier molecular flexibility index (Phi) is 5.80. The molecule has 1 aromatic heterocycles. The Balaban J connectivity index is 0.000001000. The molecule has 0 bridgehead atoms. The van der Waals surface area contributed by atoms with Crippen molar-refractivity contribution in [3.8, 4) is 0 Å². The van der Waals surface area contributed by atoms with Gasteiger partial charge in [0.15, 0.2) is 0 Å². The quantitative estimate of drug-likeness (QED) is 0.694. The van der Waals surface area contributed by atoms with E-state index in [0.717, 1.165) is 18.7 Å². The Labute approximate surface area is 73.0 Å². The highest BCUT2D eigenvalue weighted by molar-refractivity contribution is 5.85. The molecule has 0 aliphatic carbocycles. The van der Waals surface area contributed by atoms with E-state index in [1.807, 2.05) is 18.2 Å². The standard InChI is InChI=1S/C8H11NO.ClH/c1-10-7-5-8-4-2-3-6-9-8;/h2-4,6H,5,7H2,1H3;1H. The van der Waals surface area contributed by atoms with Gasteiger partial charge in [0.05, 0.1) is 6.61 Å². The summed E-state index contributed by atoms with van der Waals surface area (Å²) in [5, 5.41) is 0. The highest BCUT2D eigenvalue weighted by Crippen LogP contribution is 1.93. The number of ether oxygens (including phenoxy) is 1. The maximum Gasteiger partial charge on any atom is 0.0517 e. The van der Waals surface area contributed by atoms with Crippen LogP contribution in [0.2, 0.25) is 0 Å². The average Bonchev–Trinajstić information content (AvgIpc) is 2.03. The molecule has 0 unspecified atom stereocenters. The van der Waals surface area contributed by atoms with E-state index in [9.17, 15) is 0 Å². The molecule has 1 heterocycles. The van der Waals surface area contributed by atoms with Gasteiger partial charge >= 0.3 is 0 Å².